The third-order valence-electron chi connectivity index (χ3n) is 15.0. The van der Waals surface area contributed by atoms with Crippen molar-refractivity contribution in [1.82, 2.24) is 4.57 Å². The van der Waals surface area contributed by atoms with Gasteiger partial charge in [0.1, 0.15) is 0 Å². The van der Waals surface area contributed by atoms with E-state index in [0.717, 1.165) is 0 Å². The van der Waals surface area contributed by atoms with Gasteiger partial charge in [0, 0.05) is 16.5 Å². The van der Waals surface area contributed by atoms with Crippen molar-refractivity contribution < 1.29 is 0 Å². The highest BCUT2D eigenvalue weighted by Gasteiger charge is 2.45. The SMILES string of the molecule is CC1(C)CCC(C)(C)c2cc([Si](c3ccccc3)(c3ccccc3)c3ccc(-n4c5ccccc5c5ccc([Si](c6ccccc6)(c6ccccc6)c6ccccc6)cc54)cc3)ccc21. The molecule has 0 fully saturated rings. The van der Waals surface area contributed by atoms with E-state index in [9.17, 15) is 0 Å². The summed E-state index contributed by atoms with van der Waals surface area (Å²) in [5.74, 6) is 0. The highest BCUT2D eigenvalue weighted by molar-refractivity contribution is 7.20. The van der Waals surface area contributed by atoms with Gasteiger partial charge in [0.2, 0.25) is 0 Å². The second kappa shape index (κ2) is 16.0. The molecule has 0 radical (unpaired) electrons. The second-order valence-electron chi connectivity index (χ2n) is 19.5. The monoisotopic (exact) mass is 869 g/mol. The van der Waals surface area contributed by atoms with Crippen molar-refractivity contribution in [2.75, 3.05) is 0 Å². The maximum Gasteiger partial charge on any atom is 0.179 e. The first kappa shape index (κ1) is 41.0. The first-order chi connectivity index (χ1) is 31.7. The topological polar surface area (TPSA) is 4.93 Å². The Labute approximate surface area is 386 Å². The van der Waals surface area contributed by atoms with Crippen LogP contribution >= 0.6 is 0 Å². The number of rotatable bonds is 9. The lowest BCUT2D eigenvalue weighted by atomic mass is 9.63. The van der Waals surface area contributed by atoms with Gasteiger partial charge in [-0.1, -0.05) is 240 Å². The molecule has 1 nitrogen and oxygen atoms in total. The summed E-state index contributed by atoms with van der Waals surface area (Å²) < 4.78 is 2.52. The number of aromatic nitrogens is 1. The quantitative estimate of drug-likeness (QED) is 0.101. The minimum Gasteiger partial charge on any atom is -0.309 e. The van der Waals surface area contributed by atoms with Crippen LogP contribution in [0.4, 0.5) is 0 Å². The van der Waals surface area contributed by atoms with Gasteiger partial charge in [-0.2, -0.15) is 0 Å². The largest absolute Gasteiger partial charge is 0.309 e. The van der Waals surface area contributed by atoms with Gasteiger partial charge in [0.25, 0.3) is 0 Å². The molecule has 0 N–H and O–H groups in total. The van der Waals surface area contributed by atoms with Gasteiger partial charge in [-0.25, -0.2) is 0 Å². The molecule has 1 aliphatic rings. The fraction of sp³-hybridized carbons (Fsp3) is 0.129. The van der Waals surface area contributed by atoms with Crippen LogP contribution in [0.1, 0.15) is 51.7 Å². The van der Waals surface area contributed by atoms with Gasteiger partial charge in [-0.3, -0.25) is 0 Å². The van der Waals surface area contributed by atoms with Crippen molar-refractivity contribution in [2.24, 2.45) is 0 Å². The van der Waals surface area contributed by atoms with Gasteiger partial charge in [0.05, 0.1) is 11.0 Å². The van der Waals surface area contributed by atoms with E-state index in [1.54, 1.807) is 0 Å². The minimum atomic E-state index is -2.83. The van der Waals surface area contributed by atoms with Gasteiger partial charge >= 0.3 is 0 Å². The third-order valence-corrected chi connectivity index (χ3v) is 24.5. The molecule has 9 aromatic carbocycles. The lowest BCUT2D eigenvalue weighted by Gasteiger charge is -2.43. The van der Waals surface area contributed by atoms with Crippen LogP contribution < -0.4 is 41.5 Å². The maximum absolute atomic E-state index is 2.83. The summed E-state index contributed by atoms with van der Waals surface area (Å²) in [4.78, 5) is 0. The van der Waals surface area contributed by atoms with E-state index in [0.29, 0.717) is 0 Å². The smallest absolute Gasteiger partial charge is 0.179 e. The summed E-state index contributed by atoms with van der Waals surface area (Å²) in [6, 6.07) is 90.3. The molecule has 11 rings (SSSR count). The zero-order valence-electron chi connectivity index (χ0n) is 37.9. The summed E-state index contributed by atoms with van der Waals surface area (Å²) in [6.45, 7) is 9.78. The number of hydrogen-bond acceptors (Lipinski definition) is 0. The van der Waals surface area contributed by atoms with Crippen LogP contribution in [0.15, 0.2) is 237 Å². The van der Waals surface area contributed by atoms with Crippen LogP contribution in [0, 0.1) is 0 Å². The van der Waals surface area contributed by atoms with Crippen molar-refractivity contribution >= 4 is 79.4 Å². The van der Waals surface area contributed by atoms with Gasteiger partial charge in [0.15, 0.2) is 16.1 Å². The molecule has 316 valence electrons. The summed E-state index contributed by atoms with van der Waals surface area (Å²) >= 11 is 0. The third kappa shape index (κ3) is 6.55. The lowest BCUT2D eigenvalue weighted by molar-refractivity contribution is 0.332. The van der Waals surface area contributed by atoms with E-state index < -0.39 is 16.1 Å². The molecule has 65 heavy (non-hydrogen) atoms. The van der Waals surface area contributed by atoms with Crippen LogP contribution in [-0.4, -0.2) is 20.7 Å². The predicted octanol–water partition coefficient (Wildman–Crippen LogP) is 9.89. The molecular formula is C62H55NSi2. The molecule has 0 bridgehead atoms. The highest BCUT2D eigenvalue weighted by Crippen LogP contribution is 2.45. The van der Waals surface area contributed by atoms with Crippen molar-refractivity contribution in [3.8, 4) is 5.69 Å². The number of fused-ring (bicyclic) bond motifs is 4. The van der Waals surface area contributed by atoms with Crippen molar-refractivity contribution in [1.29, 1.82) is 0 Å². The zero-order chi connectivity index (χ0) is 44.2. The fourth-order valence-electron chi connectivity index (χ4n) is 11.6. The molecule has 3 heteroatoms. The Morgan fingerprint density at radius 2 is 0.662 bits per heavy atom. The maximum atomic E-state index is 2.63. The standard InChI is InChI=1S/C62H55NSi2/c1-61(2)42-43-62(3,4)58-44-53(39-41-57(58)61)65(50-28-16-8-17-29-50,51-30-18-9-19-31-51)52-36-34-46(35-37-52)63-59-33-21-20-32-55(59)56-40-38-54(45-60(56)63)64(47-22-10-5-11-23-47,48-24-12-6-13-25-48)49-26-14-7-15-27-49/h5-41,44-45H,42-43H2,1-4H3. The number of para-hydroxylation sites is 1. The van der Waals surface area contributed by atoms with E-state index in [-0.39, 0.29) is 10.8 Å². The van der Waals surface area contributed by atoms with Gasteiger partial charge in [-0.05, 0) is 101 Å². The number of nitrogens with zero attached hydrogens (tertiary/aromatic N) is 1. The van der Waals surface area contributed by atoms with Crippen molar-refractivity contribution in [2.45, 2.75) is 51.4 Å². The molecule has 0 unspecified atom stereocenters. The Bertz CT molecular complexity index is 3150. The van der Waals surface area contributed by atoms with E-state index in [2.05, 4.69) is 269 Å². The van der Waals surface area contributed by atoms with E-state index in [4.69, 9.17) is 0 Å². The zero-order valence-corrected chi connectivity index (χ0v) is 39.9. The number of hydrogen-bond donors (Lipinski definition) is 0. The van der Waals surface area contributed by atoms with Gasteiger partial charge in [-0.15, -0.1) is 0 Å². The average Bonchev–Trinajstić information content (AvgIpc) is 3.69. The highest BCUT2D eigenvalue weighted by atomic mass is 28.3. The number of benzene rings is 9. The Kier molecular flexibility index (Phi) is 10.1. The molecule has 0 atom stereocenters. The van der Waals surface area contributed by atoms with E-state index >= 15 is 0 Å². The van der Waals surface area contributed by atoms with Gasteiger partial charge < -0.3 is 4.57 Å². The van der Waals surface area contributed by atoms with Crippen LogP contribution in [0.25, 0.3) is 27.5 Å². The summed E-state index contributed by atoms with van der Waals surface area (Å²) in [5.41, 5.74) is 6.85. The molecule has 0 amide bonds. The Balaban J connectivity index is 1.16. The van der Waals surface area contributed by atoms with E-state index in [1.165, 1.54) is 93.0 Å². The summed E-state index contributed by atoms with van der Waals surface area (Å²) in [6.07, 6.45) is 2.38. The Morgan fingerprint density at radius 3 is 1.14 bits per heavy atom. The second-order valence-corrected chi connectivity index (χ2v) is 27.1. The molecule has 0 saturated heterocycles. The normalized spacial score (nSPS) is 14.6. The Morgan fingerprint density at radius 1 is 0.308 bits per heavy atom. The van der Waals surface area contributed by atoms with Crippen LogP contribution in [0.5, 0.6) is 0 Å². The lowest BCUT2D eigenvalue weighted by Crippen LogP contribution is -2.74. The molecule has 10 aromatic rings. The van der Waals surface area contributed by atoms with Crippen LogP contribution in [-0.2, 0) is 10.8 Å². The predicted molar refractivity (Wildman–Crippen MR) is 283 cm³/mol. The first-order valence-electron chi connectivity index (χ1n) is 23.3. The van der Waals surface area contributed by atoms with E-state index in [1.807, 2.05) is 0 Å². The van der Waals surface area contributed by atoms with Crippen LogP contribution in [0.2, 0.25) is 0 Å². The molecule has 0 saturated carbocycles. The average molecular weight is 870 g/mol. The molecule has 0 aliphatic heterocycles. The fourth-order valence-corrected chi connectivity index (χ4v) is 21.1. The molecular weight excluding hydrogens is 815 g/mol. The molecule has 0 spiro atoms. The van der Waals surface area contributed by atoms with Crippen molar-refractivity contribution in [3.05, 3.63) is 248 Å². The minimum absolute atomic E-state index is 0.0929. The molecule has 1 aromatic heterocycles. The summed E-state index contributed by atoms with van der Waals surface area (Å²) in [7, 11) is -5.61. The first-order valence-corrected chi connectivity index (χ1v) is 27.3. The molecule has 1 heterocycles. The Hall–Kier alpha value is -6.79. The van der Waals surface area contributed by atoms with Crippen LogP contribution in [0.3, 0.4) is 0 Å². The molecule has 1 aliphatic carbocycles. The summed E-state index contributed by atoms with van der Waals surface area (Å²) in [5, 5.41) is 13.7. The van der Waals surface area contributed by atoms with Crippen molar-refractivity contribution in [3.63, 3.8) is 0 Å².